The summed E-state index contributed by atoms with van der Waals surface area (Å²) in [5, 5.41) is 9.24. The van der Waals surface area contributed by atoms with Gasteiger partial charge in [0, 0.05) is 25.9 Å². The monoisotopic (exact) mass is 265 g/mol. The van der Waals surface area contributed by atoms with Crippen LogP contribution in [-0.2, 0) is 0 Å². The number of rotatable bonds is 3. The molecule has 3 nitrogen and oxygen atoms in total. The van der Waals surface area contributed by atoms with Crippen molar-refractivity contribution in [2.45, 2.75) is 19.8 Å². The van der Waals surface area contributed by atoms with Crippen molar-refractivity contribution in [1.82, 2.24) is 4.98 Å². The van der Waals surface area contributed by atoms with E-state index in [1.165, 1.54) is 5.56 Å². The molecule has 20 heavy (non-hydrogen) atoms. The highest BCUT2D eigenvalue weighted by Crippen LogP contribution is 2.25. The molecule has 1 heterocycles. The molecule has 0 unspecified atom stereocenters. The molecule has 0 N–H and O–H groups in total. The van der Waals surface area contributed by atoms with Crippen LogP contribution in [0.5, 0.6) is 0 Å². The molecule has 0 aliphatic rings. The van der Waals surface area contributed by atoms with Crippen LogP contribution in [0, 0.1) is 11.3 Å². The van der Waals surface area contributed by atoms with Gasteiger partial charge >= 0.3 is 0 Å². The van der Waals surface area contributed by atoms with Crippen molar-refractivity contribution in [3.63, 3.8) is 0 Å². The Balaban J connectivity index is 2.41. The van der Waals surface area contributed by atoms with Crippen LogP contribution in [0.2, 0.25) is 0 Å². The van der Waals surface area contributed by atoms with Crippen LogP contribution in [0.1, 0.15) is 30.9 Å². The third kappa shape index (κ3) is 2.80. The van der Waals surface area contributed by atoms with Gasteiger partial charge in [-0.3, -0.25) is 0 Å². The van der Waals surface area contributed by atoms with Crippen molar-refractivity contribution >= 4 is 5.82 Å². The molecule has 0 aliphatic heterocycles. The Morgan fingerprint density at radius 3 is 2.25 bits per heavy atom. The zero-order valence-corrected chi connectivity index (χ0v) is 12.4. The van der Waals surface area contributed by atoms with Crippen LogP contribution in [0.3, 0.4) is 0 Å². The van der Waals surface area contributed by atoms with Gasteiger partial charge in [0.15, 0.2) is 0 Å². The van der Waals surface area contributed by atoms with Crippen molar-refractivity contribution in [1.29, 1.82) is 5.26 Å². The van der Waals surface area contributed by atoms with E-state index in [1.807, 2.05) is 31.3 Å². The van der Waals surface area contributed by atoms with E-state index < -0.39 is 0 Å². The minimum absolute atomic E-state index is 0.521. The van der Waals surface area contributed by atoms with Crippen molar-refractivity contribution in [3.05, 3.63) is 47.7 Å². The Labute approximate surface area is 120 Å². The van der Waals surface area contributed by atoms with Crippen LogP contribution in [0.15, 0.2) is 36.5 Å². The molecule has 2 aromatic rings. The van der Waals surface area contributed by atoms with E-state index in [1.54, 1.807) is 0 Å². The fourth-order valence-corrected chi connectivity index (χ4v) is 2.11. The van der Waals surface area contributed by atoms with Crippen molar-refractivity contribution in [3.8, 4) is 17.2 Å². The molecule has 0 spiro atoms. The van der Waals surface area contributed by atoms with Gasteiger partial charge in [0.2, 0.25) is 0 Å². The van der Waals surface area contributed by atoms with Crippen molar-refractivity contribution < 1.29 is 0 Å². The van der Waals surface area contributed by atoms with E-state index in [0.29, 0.717) is 17.3 Å². The van der Waals surface area contributed by atoms with Gasteiger partial charge in [-0.05, 0) is 23.1 Å². The largest absolute Gasteiger partial charge is 0.362 e. The first kappa shape index (κ1) is 14.1. The van der Waals surface area contributed by atoms with Gasteiger partial charge in [-0.1, -0.05) is 38.1 Å². The summed E-state index contributed by atoms with van der Waals surface area (Å²) in [6, 6.07) is 12.5. The van der Waals surface area contributed by atoms with Gasteiger partial charge in [-0.25, -0.2) is 4.98 Å². The maximum absolute atomic E-state index is 9.24. The Morgan fingerprint density at radius 2 is 1.75 bits per heavy atom. The normalized spacial score (nSPS) is 10.4. The van der Waals surface area contributed by atoms with Gasteiger partial charge in [0.1, 0.15) is 11.9 Å². The van der Waals surface area contributed by atoms with E-state index in [0.717, 1.165) is 11.1 Å². The predicted octanol–water partition coefficient (Wildman–Crippen LogP) is 3.81. The van der Waals surface area contributed by atoms with Crippen molar-refractivity contribution in [2.75, 3.05) is 19.0 Å². The quantitative estimate of drug-likeness (QED) is 0.847. The summed E-state index contributed by atoms with van der Waals surface area (Å²) in [6.07, 6.45) is 1.82. The molecule has 0 saturated heterocycles. The van der Waals surface area contributed by atoms with Gasteiger partial charge < -0.3 is 4.90 Å². The molecular weight excluding hydrogens is 246 g/mol. The Kier molecular flexibility index (Phi) is 4.05. The topological polar surface area (TPSA) is 39.9 Å². The summed E-state index contributed by atoms with van der Waals surface area (Å²) in [4.78, 5) is 6.24. The van der Waals surface area contributed by atoms with Gasteiger partial charge in [0.25, 0.3) is 0 Å². The standard InChI is InChI=1S/C17H19N3/c1-12(2)13-5-7-14(8-6-13)16-9-15(10-18)17(19-11-16)20(3)4/h5-9,11-12H,1-4H3. The number of benzene rings is 1. The number of hydrogen-bond acceptors (Lipinski definition) is 3. The molecule has 1 aromatic carbocycles. The zero-order chi connectivity index (χ0) is 14.7. The second-order valence-electron chi connectivity index (χ2n) is 5.38. The van der Waals surface area contributed by atoms with Crippen LogP contribution in [0.25, 0.3) is 11.1 Å². The molecule has 0 atom stereocenters. The van der Waals surface area contributed by atoms with E-state index in [-0.39, 0.29) is 0 Å². The lowest BCUT2D eigenvalue weighted by Crippen LogP contribution is -2.12. The van der Waals surface area contributed by atoms with Crippen LogP contribution in [-0.4, -0.2) is 19.1 Å². The number of nitrogens with zero attached hydrogens (tertiary/aromatic N) is 3. The summed E-state index contributed by atoms with van der Waals surface area (Å²) >= 11 is 0. The second kappa shape index (κ2) is 5.75. The highest BCUT2D eigenvalue weighted by atomic mass is 15.1. The third-order valence-electron chi connectivity index (χ3n) is 3.32. The maximum atomic E-state index is 9.24. The van der Waals surface area contributed by atoms with Crippen LogP contribution >= 0.6 is 0 Å². The van der Waals surface area contributed by atoms with Crippen LogP contribution in [0.4, 0.5) is 5.82 Å². The summed E-state index contributed by atoms with van der Waals surface area (Å²) in [5.74, 6) is 1.23. The second-order valence-corrected chi connectivity index (χ2v) is 5.38. The number of nitriles is 1. The van der Waals surface area contributed by atoms with E-state index in [4.69, 9.17) is 0 Å². The highest BCUT2D eigenvalue weighted by Gasteiger charge is 2.08. The fourth-order valence-electron chi connectivity index (χ4n) is 2.11. The number of hydrogen-bond donors (Lipinski definition) is 0. The first-order chi connectivity index (χ1) is 9.52. The smallest absolute Gasteiger partial charge is 0.146 e. The molecule has 2 rings (SSSR count). The average Bonchev–Trinajstić information content (AvgIpc) is 2.46. The molecule has 3 heteroatoms. The lowest BCUT2D eigenvalue weighted by Gasteiger charge is -2.14. The van der Waals surface area contributed by atoms with Gasteiger partial charge in [0.05, 0.1) is 5.56 Å². The van der Waals surface area contributed by atoms with Gasteiger partial charge in [-0.2, -0.15) is 5.26 Å². The molecular formula is C17H19N3. The minimum Gasteiger partial charge on any atom is -0.362 e. The van der Waals surface area contributed by atoms with Gasteiger partial charge in [-0.15, -0.1) is 0 Å². The first-order valence-electron chi connectivity index (χ1n) is 6.70. The molecule has 0 bridgehead atoms. The van der Waals surface area contributed by atoms with E-state index >= 15 is 0 Å². The Bertz CT molecular complexity index is 634. The molecule has 0 fully saturated rings. The summed E-state index contributed by atoms with van der Waals surface area (Å²) in [6.45, 7) is 4.35. The summed E-state index contributed by atoms with van der Waals surface area (Å²) in [5.41, 5.74) is 3.97. The number of aromatic nitrogens is 1. The summed E-state index contributed by atoms with van der Waals surface area (Å²) in [7, 11) is 3.78. The predicted molar refractivity (Wildman–Crippen MR) is 82.8 cm³/mol. The highest BCUT2D eigenvalue weighted by molar-refractivity contribution is 5.68. The lowest BCUT2D eigenvalue weighted by atomic mass is 9.99. The molecule has 0 aliphatic carbocycles. The third-order valence-corrected chi connectivity index (χ3v) is 3.32. The molecule has 0 radical (unpaired) electrons. The molecule has 1 aromatic heterocycles. The SMILES string of the molecule is CC(C)c1ccc(-c2cnc(N(C)C)c(C#N)c2)cc1. The fraction of sp³-hybridized carbons (Fsp3) is 0.294. The number of pyridine rings is 1. The molecule has 102 valence electrons. The van der Waals surface area contributed by atoms with E-state index in [2.05, 4.69) is 49.2 Å². The molecule has 0 saturated carbocycles. The lowest BCUT2D eigenvalue weighted by molar-refractivity contribution is 0.867. The number of anilines is 1. The van der Waals surface area contributed by atoms with Crippen LogP contribution < -0.4 is 4.90 Å². The summed E-state index contributed by atoms with van der Waals surface area (Å²) < 4.78 is 0. The van der Waals surface area contributed by atoms with E-state index in [9.17, 15) is 5.26 Å². The Morgan fingerprint density at radius 1 is 1.10 bits per heavy atom. The first-order valence-corrected chi connectivity index (χ1v) is 6.70. The maximum Gasteiger partial charge on any atom is 0.146 e. The molecule has 0 amide bonds. The zero-order valence-electron chi connectivity index (χ0n) is 12.4. The minimum atomic E-state index is 0.521. The average molecular weight is 265 g/mol. The Hall–Kier alpha value is -2.34. The van der Waals surface area contributed by atoms with Crippen molar-refractivity contribution in [2.24, 2.45) is 0 Å².